The van der Waals surface area contributed by atoms with Crippen molar-refractivity contribution in [2.45, 2.75) is 31.7 Å². The molecule has 166 valence electrons. The molecule has 3 rings (SSSR count). The van der Waals surface area contributed by atoms with Crippen molar-refractivity contribution in [3.8, 4) is 0 Å². The fourth-order valence-electron chi connectivity index (χ4n) is 3.75. The van der Waals surface area contributed by atoms with Crippen molar-refractivity contribution in [3.05, 3.63) is 81.4 Å². The first-order chi connectivity index (χ1) is 15.3. The van der Waals surface area contributed by atoms with Crippen molar-refractivity contribution in [1.29, 1.82) is 0 Å². The third kappa shape index (κ3) is 4.83. The summed E-state index contributed by atoms with van der Waals surface area (Å²) in [6, 6.07) is 12.9. The summed E-state index contributed by atoms with van der Waals surface area (Å²) < 4.78 is 0. The van der Waals surface area contributed by atoms with Crippen LogP contribution >= 0.6 is 0 Å². The Balaban J connectivity index is 2.01. The van der Waals surface area contributed by atoms with E-state index in [9.17, 15) is 29.6 Å². The van der Waals surface area contributed by atoms with Crippen LogP contribution in [0.5, 0.6) is 0 Å². The Bertz CT molecular complexity index is 1080. The van der Waals surface area contributed by atoms with E-state index in [0.717, 1.165) is 0 Å². The Morgan fingerprint density at radius 2 is 1.72 bits per heavy atom. The van der Waals surface area contributed by atoms with Gasteiger partial charge in [-0.25, -0.2) is 0 Å². The Labute approximate surface area is 183 Å². The maximum absolute atomic E-state index is 12.9. The molecule has 1 fully saturated rings. The van der Waals surface area contributed by atoms with E-state index in [4.69, 9.17) is 5.11 Å². The Hall–Kier alpha value is -4.01. The number of rotatable bonds is 9. The smallest absolute Gasteiger partial charge is 0.303 e. The third-order valence-electron chi connectivity index (χ3n) is 5.27. The minimum Gasteiger partial charge on any atom is -0.507 e. The summed E-state index contributed by atoms with van der Waals surface area (Å²) in [6.07, 6.45) is 1.39. The lowest BCUT2D eigenvalue weighted by Gasteiger charge is -2.25. The fourth-order valence-corrected chi connectivity index (χ4v) is 3.75. The summed E-state index contributed by atoms with van der Waals surface area (Å²) in [7, 11) is 0. The van der Waals surface area contributed by atoms with Crippen LogP contribution in [0.2, 0.25) is 0 Å². The molecule has 1 heterocycles. The summed E-state index contributed by atoms with van der Waals surface area (Å²) in [5.74, 6) is -2.94. The average Bonchev–Trinajstić information content (AvgIpc) is 3.03. The number of benzene rings is 2. The zero-order valence-electron chi connectivity index (χ0n) is 17.1. The number of unbranched alkanes of at least 4 members (excludes halogenated alkanes) is 2. The molecule has 0 spiro atoms. The molecule has 0 radical (unpaired) electrons. The molecule has 32 heavy (non-hydrogen) atoms. The molecule has 1 aliphatic heterocycles. The topological polar surface area (TPSA) is 138 Å². The lowest BCUT2D eigenvalue weighted by Crippen LogP contribution is -2.30. The van der Waals surface area contributed by atoms with Crippen LogP contribution in [0.25, 0.3) is 5.76 Å². The first-order valence-electron chi connectivity index (χ1n) is 10.1. The van der Waals surface area contributed by atoms with Gasteiger partial charge in [0.2, 0.25) is 0 Å². The molecule has 0 aromatic heterocycles. The first kappa shape index (κ1) is 22.7. The van der Waals surface area contributed by atoms with Gasteiger partial charge >= 0.3 is 5.97 Å². The summed E-state index contributed by atoms with van der Waals surface area (Å²) in [6.45, 7) is 0.142. The predicted octanol–water partition coefficient (Wildman–Crippen LogP) is 3.66. The highest BCUT2D eigenvalue weighted by atomic mass is 16.6. The van der Waals surface area contributed by atoms with Crippen LogP contribution in [0.15, 0.2) is 60.2 Å². The van der Waals surface area contributed by atoms with Gasteiger partial charge in [-0.2, -0.15) is 0 Å². The Morgan fingerprint density at radius 3 is 2.38 bits per heavy atom. The van der Waals surface area contributed by atoms with Crippen LogP contribution in [0.1, 0.15) is 42.9 Å². The van der Waals surface area contributed by atoms with Crippen LogP contribution in [0.4, 0.5) is 5.69 Å². The van der Waals surface area contributed by atoms with Gasteiger partial charge in [0.1, 0.15) is 5.76 Å². The van der Waals surface area contributed by atoms with E-state index in [-0.39, 0.29) is 30.0 Å². The van der Waals surface area contributed by atoms with E-state index >= 15 is 0 Å². The van der Waals surface area contributed by atoms with Crippen LogP contribution in [0.3, 0.4) is 0 Å². The number of Topliss-reactive ketones (excluding diaryl/α,β-unsaturated/α-hetero) is 1. The van der Waals surface area contributed by atoms with Crippen molar-refractivity contribution >= 4 is 29.1 Å². The van der Waals surface area contributed by atoms with Crippen molar-refractivity contribution < 1.29 is 29.5 Å². The van der Waals surface area contributed by atoms with Gasteiger partial charge in [0.05, 0.1) is 16.5 Å². The van der Waals surface area contributed by atoms with Crippen molar-refractivity contribution in [1.82, 2.24) is 4.90 Å². The molecule has 9 heteroatoms. The number of aliphatic hydroxyl groups excluding tert-OH is 1. The second kappa shape index (κ2) is 9.86. The molecule has 9 nitrogen and oxygen atoms in total. The van der Waals surface area contributed by atoms with Crippen LogP contribution in [0, 0.1) is 10.1 Å². The molecule has 2 aromatic rings. The summed E-state index contributed by atoms with van der Waals surface area (Å²) >= 11 is 0. The number of carboxylic acids is 1. The molecule has 2 aromatic carbocycles. The zero-order valence-corrected chi connectivity index (χ0v) is 17.1. The van der Waals surface area contributed by atoms with E-state index in [0.29, 0.717) is 30.4 Å². The van der Waals surface area contributed by atoms with Crippen LogP contribution < -0.4 is 0 Å². The number of hydrogen-bond acceptors (Lipinski definition) is 6. The standard InChI is InChI=1S/C23H22N2O7/c26-18(27)12-5-2-6-13-24-20(16-10-7-11-17(14-16)25(31)32)19(22(29)23(24)30)21(28)15-8-3-1-4-9-15/h1,3-4,7-11,14,20,28H,2,5-6,12-13H2,(H,26,27)/t20-/m1/s1. The lowest BCUT2D eigenvalue weighted by atomic mass is 9.95. The summed E-state index contributed by atoms with van der Waals surface area (Å²) in [5.41, 5.74) is 0.352. The molecule has 0 aliphatic carbocycles. The normalized spacial score (nSPS) is 17.5. The fraction of sp³-hybridized carbons (Fsp3) is 0.261. The summed E-state index contributed by atoms with van der Waals surface area (Å²) in [5, 5.41) is 30.9. The van der Waals surface area contributed by atoms with Gasteiger partial charge in [0, 0.05) is 30.7 Å². The van der Waals surface area contributed by atoms with E-state index in [1.807, 2.05) is 0 Å². The Kier molecular flexibility index (Phi) is 6.99. The number of ketones is 1. The minimum absolute atomic E-state index is 0.00112. The maximum Gasteiger partial charge on any atom is 0.303 e. The molecule has 1 amide bonds. The second-order valence-electron chi connectivity index (χ2n) is 7.42. The lowest BCUT2D eigenvalue weighted by molar-refractivity contribution is -0.384. The van der Waals surface area contributed by atoms with Gasteiger partial charge in [-0.1, -0.05) is 48.9 Å². The van der Waals surface area contributed by atoms with E-state index < -0.39 is 28.6 Å². The predicted molar refractivity (Wildman–Crippen MR) is 115 cm³/mol. The number of nitro benzene ring substituents is 1. The van der Waals surface area contributed by atoms with Crippen molar-refractivity contribution in [2.24, 2.45) is 0 Å². The number of hydrogen-bond donors (Lipinski definition) is 2. The van der Waals surface area contributed by atoms with Gasteiger partial charge in [-0.15, -0.1) is 0 Å². The molecular formula is C23H22N2O7. The monoisotopic (exact) mass is 438 g/mol. The maximum atomic E-state index is 12.9. The van der Waals surface area contributed by atoms with Crippen molar-refractivity contribution in [3.63, 3.8) is 0 Å². The molecule has 0 saturated carbocycles. The Morgan fingerprint density at radius 1 is 1.00 bits per heavy atom. The SMILES string of the molecule is O=C(O)CCCCCN1C(=O)C(=O)C(=C(O)c2ccccc2)[C@H]1c1cccc([N+](=O)[O-])c1. The molecule has 1 atom stereocenters. The number of nitrogens with zero attached hydrogens (tertiary/aromatic N) is 2. The largest absolute Gasteiger partial charge is 0.507 e. The van der Waals surface area contributed by atoms with E-state index in [1.54, 1.807) is 36.4 Å². The highest BCUT2D eigenvalue weighted by Crippen LogP contribution is 2.40. The average molecular weight is 438 g/mol. The minimum atomic E-state index is -0.991. The molecule has 1 aliphatic rings. The van der Waals surface area contributed by atoms with Gasteiger partial charge in [0.15, 0.2) is 0 Å². The van der Waals surface area contributed by atoms with E-state index in [1.165, 1.54) is 23.1 Å². The second-order valence-corrected chi connectivity index (χ2v) is 7.42. The number of aliphatic hydroxyl groups is 1. The number of aliphatic carboxylic acids is 1. The number of carboxylic acid groups (broad SMARTS) is 1. The van der Waals surface area contributed by atoms with Crippen LogP contribution in [-0.2, 0) is 14.4 Å². The van der Waals surface area contributed by atoms with Gasteiger partial charge < -0.3 is 15.1 Å². The molecule has 2 N–H and O–H groups in total. The summed E-state index contributed by atoms with van der Waals surface area (Å²) in [4.78, 5) is 48.4. The highest BCUT2D eigenvalue weighted by molar-refractivity contribution is 6.46. The van der Waals surface area contributed by atoms with Gasteiger partial charge in [-0.05, 0) is 18.4 Å². The number of non-ortho nitro benzene ring substituents is 1. The molecule has 0 bridgehead atoms. The highest BCUT2D eigenvalue weighted by Gasteiger charge is 2.46. The number of amides is 1. The third-order valence-corrected chi connectivity index (χ3v) is 5.27. The zero-order chi connectivity index (χ0) is 23.3. The number of likely N-dealkylation sites (tertiary alicyclic amines) is 1. The quantitative estimate of drug-likeness (QED) is 0.152. The number of nitro groups is 1. The molecule has 0 unspecified atom stereocenters. The first-order valence-corrected chi connectivity index (χ1v) is 10.1. The van der Waals surface area contributed by atoms with Gasteiger partial charge in [-0.3, -0.25) is 24.5 Å². The van der Waals surface area contributed by atoms with Crippen molar-refractivity contribution in [2.75, 3.05) is 6.54 Å². The number of carbonyl (C=O) groups excluding carboxylic acids is 2. The van der Waals surface area contributed by atoms with E-state index in [2.05, 4.69) is 0 Å². The van der Waals surface area contributed by atoms with Gasteiger partial charge in [0.25, 0.3) is 17.4 Å². The molecule has 1 saturated heterocycles. The number of carbonyl (C=O) groups is 3. The van der Waals surface area contributed by atoms with Crippen LogP contribution in [-0.4, -0.2) is 44.2 Å². The molecular weight excluding hydrogens is 416 g/mol.